The Kier molecular flexibility index (Phi) is 5.43. The lowest BCUT2D eigenvalue weighted by Gasteiger charge is -2.22. The summed E-state index contributed by atoms with van der Waals surface area (Å²) in [5.41, 5.74) is 5.04. The summed E-state index contributed by atoms with van der Waals surface area (Å²) in [4.78, 5) is 0. The van der Waals surface area contributed by atoms with Crippen molar-refractivity contribution in [3.8, 4) is 5.75 Å². The predicted molar refractivity (Wildman–Crippen MR) is 92.1 cm³/mol. The SMILES string of the molecule is CCNC(c1ccc(C)c(Br)c1)c1ccc(OC)cc1C. The molecule has 2 aromatic carbocycles. The van der Waals surface area contributed by atoms with Crippen LogP contribution in [0.4, 0.5) is 0 Å². The molecule has 0 radical (unpaired) electrons. The second-order valence-electron chi connectivity index (χ2n) is 5.22. The van der Waals surface area contributed by atoms with Crippen molar-refractivity contribution >= 4 is 15.9 Å². The van der Waals surface area contributed by atoms with Crippen LogP contribution in [0.2, 0.25) is 0 Å². The molecule has 3 heteroatoms. The Bertz CT molecular complexity index is 625. The van der Waals surface area contributed by atoms with Gasteiger partial charge in [-0.15, -0.1) is 0 Å². The summed E-state index contributed by atoms with van der Waals surface area (Å²) in [6, 6.07) is 13.0. The Labute approximate surface area is 135 Å². The minimum absolute atomic E-state index is 0.192. The number of benzene rings is 2. The second kappa shape index (κ2) is 7.10. The van der Waals surface area contributed by atoms with Gasteiger partial charge in [0.05, 0.1) is 13.2 Å². The van der Waals surface area contributed by atoms with Crippen molar-refractivity contribution in [1.29, 1.82) is 0 Å². The number of hydrogen-bond donors (Lipinski definition) is 1. The van der Waals surface area contributed by atoms with Gasteiger partial charge in [-0.05, 0) is 60.8 Å². The summed E-state index contributed by atoms with van der Waals surface area (Å²) in [6.45, 7) is 7.29. The van der Waals surface area contributed by atoms with Gasteiger partial charge in [-0.1, -0.05) is 41.1 Å². The van der Waals surface area contributed by atoms with Crippen molar-refractivity contribution in [3.05, 3.63) is 63.1 Å². The number of aryl methyl sites for hydroxylation is 2. The first-order valence-corrected chi connectivity index (χ1v) is 8.00. The molecule has 1 atom stereocenters. The maximum Gasteiger partial charge on any atom is 0.119 e. The zero-order valence-electron chi connectivity index (χ0n) is 13.0. The molecule has 0 aliphatic carbocycles. The molecule has 1 unspecified atom stereocenters. The van der Waals surface area contributed by atoms with Gasteiger partial charge in [-0.2, -0.15) is 0 Å². The van der Waals surface area contributed by atoms with E-state index < -0.39 is 0 Å². The molecular formula is C18H22BrNO. The van der Waals surface area contributed by atoms with Gasteiger partial charge in [0.1, 0.15) is 5.75 Å². The van der Waals surface area contributed by atoms with E-state index in [9.17, 15) is 0 Å². The highest BCUT2D eigenvalue weighted by atomic mass is 79.9. The molecule has 0 saturated heterocycles. The number of methoxy groups -OCH3 is 1. The largest absolute Gasteiger partial charge is 0.497 e. The quantitative estimate of drug-likeness (QED) is 0.840. The molecule has 0 bridgehead atoms. The van der Waals surface area contributed by atoms with E-state index in [2.05, 4.69) is 72.3 Å². The number of halogens is 1. The Morgan fingerprint density at radius 2 is 1.86 bits per heavy atom. The van der Waals surface area contributed by atoms with Crippen molar-refractivity contribution < 1.29 is 4.74 Å². The van der Waals surface area contributed by atoms with E-state index in [1.54, 1.807) is 7.11 Å². The van der Waals surface area contributed by atoms with E-state index >= 15 is 0 Å². The minimum Gasteiger partial charge on any atom is -0.497 e. The molecule has 2 nitrogen and oxygen atoms in total. The Morgan fingerprint density at radius 3 is 2.43 bits per heavy atom. The van der Waals surface area contributed by atoms with E-state index in [4.69, 9.17) is 4.74 Å². The summed E-state index contributed by atoms with van der Waals surface area (Å²) in [5, 5.41) is 3.58. The van der Waals surface area contributed by atoms with Crippen LogP contribution in [-0.4, -0.2) is 13.7 Å². The first-order valence-electron chi connectivity index (χ1n) is 7.20. The van der Waals surface area contributed by atoms with E-state index in [0.29, 0.717) is 0 Å². The molecule has 0 aliphatic rings. The van der Waals surface area contributed by atoms with E-state index in [1.807, 2.05) is 6.07 Å². The first-order chi connectivity index (χ1) is 10.1. The summed E-state index contributed by atoms with van der Waals surface area (Å²) >= 11 is 3.63. The van der Waals surface area contributed by atoms with Crippen molar-refractivity contribution in [2.45, 2.75) is 26.8 Å². The molecule has 2 rings (SSSR count). The third-order valence-corrected chi connectivity index (χ3v) is 4.58. The van der Waals surface area contributed by atoms with Gasteiger partial charge >= 0.3 is 0 Å². The van der Waals surface area contributed by atoms with Crippen molar-refractivity contribution in [3.63, 3.8) is 0 Å². The monoisotopic (exact) mass is 347 g/mol. The third-order valence-electron chi connectivity index (χ3n) is 3.73. The van der Waals surface area contributed by atoms with Crippen LogP contribution in [0.25, 0.3) is 0 Å². The summed E-state index contributed by atoms with van der Waals surface area (Å²) in [6.07, 6.45) is 0. The predicted octanol–water partition coefficient (Wildman–Crippen LogP) is 4.77. The molecular weight excluding hydrogens is 326 g/mol. The van der Waals surface area contributed by atoms with Crippen LogP contribution >= 0.6 is 15.9 Å². The smallest absolute Gasteiger partial charge is 0.119 e. The zero-order chi connectivity index (χ0) is 15.4. The summed E-state index contributed by atoms with van der Waals surface area (Å²) in [5.74, 6) is 0.900. The molecule has 0 amide bonds. The van der Waals surface area contributed by atoms with Gasteiger partial charge in [0.2, 0.25) is 0 Å². The maximum atomic E-state index is 5.30. The number of rotatable bonds is 5. The van der Waals surface area contributed by atoms with E-state index in [0.717, 1.165) is 16.8 Å². The highest BCUT2D eigenvalue weighted by Gasteiger charge is 2.16. The topological polar surface area (TPSA) is 21.3 Å². The van der Waals surface area contributed by atoms with Crippen LogP contribution in [0.1, 0.15) is 35.2 Å². The van der Waals surface area contributed by atoms with Crippen LogP contribution in [0, 0.1) is 13.8 Å². The number of hydrogen-bond acceptors (Lipinski definition) is 2. The van der Waals surface area contributed by atoms with Crippen LogP contribution in [0.3, 0.4) is 0 Å². The fourth-order valence-corrected chi connectivity index (χ4v) is 2.90. The molecule has 0 fully saturated rings. The van der Waals surface area contributed by atoms with E-state index in [-0.39, 0.29) is 6.04 Å². The summed E-state index contributed by atoms with van der Waals surface area (Å²) in [7, 11) is 1.70. The normalized spacial score (nSPS) is 12.2. The van der Waals surface area contributed by atoms with Crippen LogP contribution < -0.4 is 10.1 Å². The Morgan fingerprint density at radius 1 is 1.10 bits per heavy atom. The Balaban J connectivity index is 2.45. The number of nitrogens with one attached hydrogen (secondary N) is 1. The fraction of sp³-hybridized carbons (Fsp3) is 0.333. The molecule has 112 valence electrons. The van der Waals surface area contributed by atoms with Gasteiger partial charge in [0.15, 0.2) is 0 Å². The molecule has 0 heterocycles. The van der Waals surface area contributed by atoms with Crippen LogP contribution in [0.15, 0.2) is 40.9 Å². The molecule has 0 aromatic heterocycles. The third kappa shape index (κ3) is 3.66. The Hall–Kier alpha value is -1.32. The average molecular weight is 348 g/mol. The summed E-state index contributed by atoms with van der Waals surface area (Å²) < 4.78 is 6.45. The molecule has 1 N–H and O–H groups in total. The fourth-order valence-electron chi connectivity index (χ4n) is 2.50. The highest BCUT2D eigenvalue weighted by Crippen LogP contribution is 2.30. The highest BCUT2D eigenvalue weighted by molar-refractivity contribution is 9.10. The first kappa shape index (κ1) is 16.1. The second-order valence-corrected chi connectivity index (χ2v) is 6.08. The van der Waals surface area contributed by atoms with Gasteiger partial charge in [0, 0.05) is 4.47 Å². The van der Waals surface area contributed by atoms with Gasteiger partial charge in [-0.3, -0.25) is 0 Å². The lowest BCUT2D eigenvalue weighted by molar-refractivity contribution is 0.414. The molecule has 0 aliphatic heterocycles. The lowest BCUT2D eigenvalue weighted by Crippen LogP contribution is -2.22. The molecule has 21 heavy (non-hydrogen) atoms. The molecule has 2 aromatic rings. The van der Waals surface area contributed by atoms with Crippen LogP contribution in [-0.2, 0) is 0 Å². The van der Waals surface area contributed by atoms with Gasteiger partial charge in [0.25, 0.3) is 0 Å². The lowest BCUT2D eigenvalue weighted by atomic mass is 9.94. The van der Waals surface area contributed by atoms with E-state index in [1.165, 1.54) is 22.3 Å². The van der Waals surface area contributed by atoms with Crippen molar-refractivity contribution in [2.75, 3.05) is 13.7 Å². The van der Waals surface area contributed by atoms with Crippen molar-refractivity contribution in [1.82, 2.24) is 5.32 Å². The standard InChI is InChI=1S/C18H22BrNO/c1-5-20-18(14-7-6-12(2)17(19)11-14)16-9-8-15(21-4)10-13(16)3/h6-11,18,20H,5H2,1-4H3. The number of ether oxygens (including phenoxy) is 1. The van der Waals surface area contributed by atoms with Gasteiger partial charge < -0.3 is 10.1 Å². The minimum atomic E-state index is 0.192. The molecule has 0 spiro atoms. The zero-order valence-corrected chi connectivity index (χ0v) is 14.6. The average Bonchev–Trinajstić information content (AvgIpc) is 2.48. The van der Waals surface area contributed by atoms with Crippen molar-refractivity contribution in [2.24, 2.45) is 0 Å². The van der Waals surface area contributed by atoms with Gasteiger partial charge in [-0.25, -0.2) is 0 Å². The molecule has 0 saturated carbocycles. The maximum absolute atomic E-state index is 5.30. The van der Waals surface area contributed by atoms with Crippen LogP contribution in [0.5, 0.6) is 5.75 Å².